The van der Waals surface area contributed by atoms with E-state index in [4.69, 9.17) is 14.6 Å². The normalized spacial score (nSPS) is 18.7. The molecule has 2 N–H and O–H groups in total. The van der Waals surface area contributed by atoms with Crippen LogP contribution in [0.2, 0.25) is 0 Å². The first kappa shape index (κ1) is 22.6. The first-order chi connectivity index (χ1) is 14.2. The molecule has 164 valence electrons. The molecular formula is C19H23F3N4O3S. The van der Waals surface area contributed by atoms with Gasteiger partial charge in [0, 0.05) is 36.5 Å². The molecule has 3 heterocycles. The third-order valence-corrected chi connectivity index (χ3v) is 5.90. The van der Waals surface area contributed by atoms with Crippen LogP contribution < -0.4 is 10.2 Å². The van der Waals surface area contributed by atoms with E-state index in [9.17, 15) is 13.2 Å². The Morgan fingerprint density at radius 1 is 1.30 bits per heavy atom. The van der Waals surface area contributed by atoms with Gasteiger partial charge < -0.3 is 20.1 Å². The van der Waals surface area contributed by atoms with Crippen molar-refractivity contribution in [3.63, 3.8) is 0 Å². The van der Waals surface area contributed by atoms with Gasteiger partial charge in [0.15, 0.2) is 0 Å². The number of fused-ring (bicyclic) bond motifs is 1. The quantitative estimate of drug-likeness (QED) is 0.684. The molecule has 0 aliphatic carbocycles. The SMILES string of the molecule is CSc1ccc2ncnc(N3CCC4(CC3)CNCCO4)c2c1.O=C(O)C(F)(F)F. The van der Waals surface area contributed by atoms with E-state index in [1.54, 1.807) is 18.1 Å². The lowest BCUT2D eigenvalue weighted by Gasteiger charge is -2.44. The number of carbonyl (C=O) groups is 1. The molecule has 0 atom stereocenters. The molecule has 2 saturated heterocycles. The predicted octanol–water partition coefficient (Wildman–Crippen LogP) is 2.94. The van der Waals surface area contributed by atoms with Gasteiger partial charge in [-0.2, -0.15) is 13.2 Å². The zero-order valence-electron chi connectivity index (χ0n) is 16.4. The molecule has 2 aliphatic heterocycles. The molecule has 2 fully saturated rings. The van der Waals surface area contributed by atoms with Crippen LogP contribution in [0.25, 0.3) is 10.9 Å². The number of carboxylic acid groups (broad SMARTS) is 1. The third-order valence-electron chi connectivity index (χ3n) is 5.17. The van der Waals surface area contributed by atoms with Crippen LogP contribution in [-0.4, -0.2) is 71.9 Å². The Morgan fingerprint density at radius 3 is 2.57 bits per heavy atom. The van der Waals surface area contributed by atoms with Crippen molar-refractivity contribution in [3.8, 4) is 0 Å². The molecule has 11 heteroatoms. The number of aromatic nitrogens is 2. The van der Waals surface area contributed by atoms with Crippen LogP contribution in [0.1, 0.15) is 12.8 Å². The molecule has 2 aliphatic rings. The molecule has 0 amide bonds. The summed E-state index contributed by atoms with van der Waals surface area (Å²) in [6.07, 6.45) is 0.795. The maximum absolute atomic E-state index is 10.6. The van der Waals surface area contributed by atoms with E-state index in [1.165, 1.54) is 4.90 Å². The minimum atomic E-state index is -5.08. The van der Waals surface area contributed by atoms with Crippen LogP contribution in [0.5, 0.6) is 0 Å². The fourth-order valence-electron chi connectivity index (χ4n) is 3.56. The number of hydrogen-bond donors (Lipinski definition) is 2. The minimum Gasteiger partial charge on any atom is -0.475 e. The maximum Gasteiger partial charge on any atom is 0.490 e. The topological polar surface area (TPSA) is 87.6 Å². The van der Waals surface area contributed by atoms with Crippen LogP contribution in [0.15, 0.2) is 29.4 Å². The lowest BCUT2D eigenvalue weighted by Crippen LogP contribution is -2.55. The Bertz CT molecular complexity index is 881. The molecule has 1 aromatic carbocycles. The monoisotopic (exact) mass is 444 g/mol. The summed E-state index contributed by atoms with van der Waals surface area (Å²) in [4.78, 5) is 21.5. The summed E-state index contributed by atoms with van der Waals surface area (Å²) >= 11 is 1.75. The highest BCUT2D eigenvalue weighted by molar-refractivity contribution is 7.98. The maximum atomic E-state index is 10.6. The molecule has 0 radical (unpaired) electrons. The van der Waals surface area contributed by atoms with E-state index in [0.29, 0.717) is 0 Å². The number of rotatable bonds is 2. The van der Waals surface area contributed by atoms with Gasteiger partial charge in [0.1, 0.15) is 12.1 Å². The van der Waals surface area contributed by atoms with Gasteiger partial charge in [-0.05, 0) is 37.3 Å². The van der Waals surface area contributed by atoms with Crippen molar-refractivity contribution in [1.29, 1.82) is 0 Å². The summed E-state index contributed by atoms with van der Waals surface area (Å²) in [7, 11) is 0. The summed E-state index contributed by atoms with van der Waals surface area (Å²) in [6, 6.07) is 6.42. The van der Waals surface area contributed by atoms with Crippen LogP contribution in [0.3, 0.4) is 0 Å². The number of carboxylic acids is 1. The lowest BCUT2D eigenvalue weighted by molar-refractivity contribution is -0.192. The molecule has 1 aromatic heterocycles. The van der Waals surface area contributed by atoms with E-state index in [2.05, 4.69) is 44.6 Å². The molecule has 0 unspecified atom stereocenters. The lowest BCUT2D eigenvalue weighted by atomic mass is 9.90. The number of hydrogen-bond acceptors (Lipinski definition) is 7. The Labute approximate surface area is 176 Å². The molecule has 4 rings (SSSR count). The van der Waals surface area contributed by atoms with Gasteiger partial charge in [0.25, 0.3) is 0 Å². The van der Waals surface area contributed by atoms with Gasteiger partial charge in [-0.1, -0.05) is 0 Å². The summed E-state index contributed by atoms with van der Waals surface area (Å²) in [5.74, 6) is -1.70. The van der Waals surface area contributed by atoms with Gasteiger partial charge in [-0.3, -0.25) is 0 Å². The number of aliphatic carboxylic acids is 1. The minimum absolute atomic E-state index is 0.0298. The Morgan fingerprint density at radius 2 is 2.00 bits per heavy atom. The Balaban J connectivity index is 0.000000318. The predicted molar refractivity (Wildman–Crippen MR) is 108 cm³/mol. The zero-order valence-corrected chi connectivity index (χ0v) is 17.2. The van der Waals surface area contributed by atoms with Crippen molar-refractivity contribution in [2.75, 3.05) is 43.9 Å². The smallest absolute Gasteiger partial charge is 0.475 e. The van der Waals surface area contributed by atoms with Crippen molar-refractivity contribution < 1.29 is 27.8 Å². The summed E-state index contributed by atoms with van der Waals surface area (Å²) in [5, 5.41) is 11.7. The van der Waals surface area contributed by atoms with Crippen LogP contribution in [0, 0.1) is 0 Å². The number of nitrogens with zero attached hydrogens (tertiary/aromatic N) is 3. The molecular weight excluding hydrogens is 421 g/mol. The standard InChI is InChI=1S/C17H22N4OS.C2HF3O2/c1-23-13-2-3-15-14(10-13)16(20-12-19-15)21-7-4-17(5-8-21)11-18-6-9-22-17;3-2(4,5)1(6)7/h2-3,10,12,18H,4-9,11H2,1H3;(H,6,7). The molecule has 30 heavy (non-hydrogen) atoms. The third kappa shape index (κ3) is 5.32. The number of thioether (sulfide) groups is 1. The van der Waals surface area contributed by atoms with Gasteiger partial charge in [0.05, 0.1) is 17.7 Å². The Kier molecular flexibility index (Phi) is 7.04. The number of anilines is 1. The second-order valence-corrected chi connectivity index (χ2v) is 7.96. The molecule has 1 spiro atoms. The van der Waals surface area contributed by atoms with E-state index in [0.717, 1.165) is 62.3 Å². The number of alkyl halides is 3. The summed E-state index contributed by atoms with van der Waals surface area (Å²) < 4.78 is 37.8. The van der Waals surface area contributed by atoms with Gasteiger partial charge >= 0.3 is 12.1 Å². The molecule has 0 bridgehead atoms. The fourth-order valence-corrected chi connectivity index (χ4v) is 4.00. The molecule has 7 nitrogen and oxygen atoms in total. The zero-order chi connectivity index (χ0) is 21.8. The van der Waals surface area contributed by atoms with Crippen LogP contribution >= 0.6 is 11.8 Å². The van der Waals surface area contributed by atoms with E-state index in [-0.39, 0.29) is 5.60 Å². The number of ether oxygens (including phenoxy) is 1. The molecule has 2 aromatic rings. The highest BCUT2D eigenvalue weighted by Crippen LogP contribution is 2.33. The second kappa shape index (κ2) is 9.36. The van der Waals surface area contributed by atoms with E-state index >= 15 is 0 Å². The average Bonchev–Trinajstić information content (AvgIpc) is 2.74. The summed E-state index contributed by atoms with van der Waals surface area (Å²) in [6.45, 7) is 4.74. The Hall–Kier alpha value is -2.11. The van der Waals surface area contributed by atoms with Crippen LogP contribution in [-0.2, 0) is 9.53 Å². The van der Waals surface area contributed by atoms with Gasteiger partial charge in [-0.15, -0.1) is 11.8 Å². The van der Waals surface area contributed by atoms with Crippen molar-refractivity contribution in [2.45, 2.75) is 29.5 Å². The van der Waals surface area contributed by atoms with E-state index in [1.807, 2.05) is 0 Å². The highest BCUT2D eigenvalue weighted by atomic mass is 32.2. The average molecular weight is 444 g/mol. The number of nitrogens with one attached hydrogen (secondary N) is 1. The summed E-state index contributed by atoms with van der Waals surface area (Å²) in [5.41, 5.74) is 1.05. The first-order valence-electron chi connectivity index (χ1n) is 9.43. The van der Waals surface area contributed by atoms with Crippen molar-refractivity contribution >= 4 is 34.5 Å². The first-order valence-corrected chi connectivity index (χ1v) is 10.7. The second-order valence-electron chi connectivity index (χ2n) is 7.08. The number of morpholine rings is 1. The largest absolute Gasteiger partial charge is 0.490 e. The number of benzene rings is 1. The van der Waals surface area contributed by atoms with Crippen molar-refractivity contribution in [3.05, 3.63) is 24.5 Å². The highest BCUT2D eigenvalue weighted by Gasteiger charge is 2.38. The number of piperidine rings is 1. The van der Waals surface area contributed by atoms with Gasteiger partial charge in [-0.25, -0.2) is 14.8 Å². The molecule has 0 saturated carbocycles. The number of halogens is 3. The van der Waals surface area contributed by atoms with Gasteiger partial charge in [0.2, 0.25) is 0 Å². The van der Waals surface area contributed by atoms with Crippen LogP contribution in [0.4, 0.5) is 19.0 Å². The van der Waals surface area contributed by atoms with Crippen molar-refractivity contribution in [1.82, 2.24) is 15.3 Å². The van der Waals surface area contributed by atoms with E-state index < -0.39 is 12.1 Å². The fraction of sp³-hybridized carbons (Fsp3) is 0.526. The van der Waals surface area contributed by atoms with Crippen molar-refractivity contribution in [2.24, 2.45) is 0 Å².